The van der Waals surface area contributed by atoms with Gasteiger partial charge in [-0.25, -0.2) is 4.98 Å². The van der Waals surface area contributed by atoms with Gasteiger partial charge in [-0.1, -0.05) is 0 Å². The van der Waals surface area contributed by atoms with Crippen molar-refractivity contribution in [3.05, 3.63) is 11.8 Å². The molecule has 1 aliphatic rings. The van der Waals surface area contributed by atoms with Crippen LogP contribution in [0.25, 0.3) is 0 Å². The first-order valence-electron chi connectivity index (χ1n) is 6.02. The van der Waals surface area contributed by atoms with Crippen LogP contribution in [-0.4, -0.2) is 29.2 Å². The number of ether oxygens (including phenoxy) is 1. The number of nitrogens with one attached hydrogen (secondary N) is 1. The van der Waals surface area contributed by atoms with Crippen molar-refractivity contribution in [1.29, 1.82) is 0 Å². The molecule has 0 aromatic carbocycles. The van der Waals surface area contributed by atoms with Crippen LogP contribution in [0, 0.1) is 0 Å². The van der Waals surface area contributed by atoms with Gasteiger partial charge in [0.05, 0.1) is 6.10 Å². The predicted octanol–water partition coefficient (Wildman–Crippen LogP) is 2.06. The largest absolute Gasteiger partial charge is 0.433 e. The maximum Gasteiger partial charge on any atom is 0.433 e. The van der Waals surface area contributed by atoms with Crippen LogP contribution in [0.5, 0.6) is 0 Å². The maximum atomic E-state index is 12.5. The molecule has 1 aromatic rings. The molecule has 106 valence electrons. The Morgan fingerprint density at radius 3 is 2.79 bits per heavy atom. The average molecular weight is 276 g/mol. The highest BCUT2D eigenvalue weighted by molar-refractivity contribution is 5.41. The number of hydrogen-bond acceptors (Lipinski definition) is 5. The van der Waals surface area contributed by atoms with Crippen LogP contribution < -0.4 is 11.1 Å². The standard InChI is InChI=1S/C11H15F3N4O/c12-11(13,14)8-5-9(18-10(15)17-8)16-6-7-3-1-2-4-19-7/h5,7H,1-4,6H2,(H3,15,16,17,18). The molecule has 2 rings (SSSR count). The minimum absolute atomic E-state index is 0.000670. The molecule has 0 amide bonds. The lowest BCUT2D eigenvalue weighted by molar-refractivity contribution is -0.141. The minimum Gasteiger partial charge on any atom is -0.376 e. The molecule has 3 N–H and O–H groups in total. The molecule has 1 aromatic heterocycles. The second-order valence-corrected chi connectivity index (χ2v) is 4.36. The van der Waals surface area contributed by atoms with Crippen molar-refractivity contribution in [2.24, 2.45) is 0 Å². The van der Waals surface area contributed by atoms with Crippen LogP contribution in [0.1, 0.15) is 25.0 Å². The molecule has 0 bridgehead atoms. The van der Waals surface area contributed by atoms with Gasteiger partial charge in [-0.05, 0) is 19.3 Å². The first-order chi connectivity index (χ1) is 8.95. The van der Waals surface area contributed by atoms with Crippen molar-refractivity contribution in [3.8, 4) is 0 Å². The SMILES string of the molecule is Nc1nc(NCC2CCCCO2)cc(C(F)(F)F)n1. The van der Waals surface area contributed by atoms with Crippen LogP contribution in [-0.2, 0) is 10.9 Å². The molecule has 0 radical (unpaired) electrons. The molecular weight excluding hydrogens is 261 g/mol. The molecule has 0 aliphatic carbocycles. The number of alkyl halides is 3. The van der Waals surface area contributed by atoms with Crippen molar-refractivity contribution in [1.82, 2.24) is 9.97 Å². The Morgan fingerprint density at radius 2 is 2.16 bits per heavy atom. The van der Waals surface area contributed by atoms with Crippen molar-refractivity contribution in [2.45, 2.75) is 31.5 Å². The summed E-state index contributed by atoms with van der Waals surface area (Å²) in [4.78, 5) is 6.90. The summed E-state index contributed by atoms with van der Waals surface area (Å²) in [6, 6.07) is 0.846. The fraction of sp³-hybridized carbons (Fsp3) is 0.636. The van der Waals surface area contributed by atoms with E-state index >= 15 is 0 Å². The van der Waals surface area contributed by atoms with E-state index in [2.05, 4.69) is 15.3 Å². The summed E-state index contributed by atoms with van der Waals surface area (Å²) >= 11 is 0. The lowest BCUT2D eigenvalue weighted by Crippen LogP contribution is -2.27. The van der Waals surface area contributed by atoms with E-state index < -0.39 is 17.8 Å². The number of nitrogens with two attached hydrogens (primary N) is 1. The van der Waals surface area contributed by atoms with E-state index in [4.69, 9.17) is 10.5 Å². The topological polar surface area (TPSA) is 73.1 Å². The van der Waals surface area contributed by atoms with Crippen LogP contribution in [0.15, 0.2) is 6.07 Å². The summed E-state index contributed by atoms with van der Waals surface area (Å²) in [6.45, 7) is 1.10. The summed E-state index contributed by atoms with van der Waals surface area (Å²) in [5.41, 5.74) is 4.22. The Kier molecular flexibility index (Phi) is 4.08. The Balaban J connectivity index is 2.01. The summed E-state index contributed by atoms with van der Waals surface area (Å²) in [5, 5.41) is 2.81. The third-order valence-corrected chi connectivity index (χ3v) is 2.82. The molecule has 0 saturated carbocycles. The summed E-state index contributed by atoms with van der Waals surface area (Å²) < 4.78 is 43.1. The summed E-state index contributed by atoms with van der Waals surface area (Å²) in [5.74, 6) is -0.337. The molecule has 1 saturated heterocycles. The zero-order valence-electron chi connectivity index (χ0n) is 10.2. The van der Waals surface area contributed by atoms with Gasteiger partial charge >= 0.3 is 6.18 Å². The molecule has 0 spiro atoms. The molecule has 5 nitrogen and oxygen atoms in total. The lowest BCUT2D eigenvalue weighted by atomic mass is 10.1. The third kappa shape index (κ3) is 3.95. The van der Waals surface area contributed by atoms with Gasteiger partial charge in [-0.2, -0.15) is 18.2 Å². The van der Waals surface area contributed by atoms with Gasteiger partial charge in [0, 0.05) is 19.2 Å². The number of rotatable bonds is 3. The molecule has 1 atom stereocenters. The number of anilines is 2. The van der Waals surface area contributed by atoms with Crippen molar-refractivity contribution < 1.29 is 17.9 Å². The van der Waals surface area contributed by atoms with E-state index in [1.54, 1.807) is 0 Å². The zero-order valence-corrected chi connectivity index (χ0v) is 10.2. The van der Waals surface area contributed by atoms with E-state index in [0.717, 1.165) is 25.3 Å². The second kappa shape index (κ2) is 5.60. The maximum absolute atomic E-state index is 12.5. The predicted molar refractivity (Wildman–Crippen MR) is 63.5 cm³/mol. The van der Waals surface area contributed by atoms with Crippen molar-refractivity contribution in [3.63, 3.8) is 0 Å². The molecule has 1 aliphatic heterocycles. The Morgan fingerprint density at radius 1 is 1.37 bits per heavy atom. The third-order valence-electron chi connectivity index (χ3n) is 2.82. The van der Waals surface area contributed by atoms with Gasteiger partial charge in [-0.15, -0.1) is 0 Å². The molecule has 1 fully saturated rings. The number of nitrogens with zero attached hydrogens (tertiary/aromatic N) is 2. The van der Waals surface area contributed by atoms with E-state index in [0.29, 0.717) is 13.2 Å². The van der Waals surface area contributed by atoms with Gasteiger partial charge in [0.25, 0.3) is 0 Å². The van der Waals surface area contributed by atoms with Crippen LogP contribution >= 0.6 is 0 Å². The smallest absolute Gasteiger partial charge is 0.376 e. The van der Waals surface area contributed by atoms with Crippen molar-refractivity contribution >= 4 is 11.8 Å². The van der Waals surface area contributed by atoms with Gasteiger partial charge in [0.2, 0.25) is 5.95 Å². The molecule has 8 heteroatoms. The lowest BCUT2D eigenvalue weighted by Gasteiger charge is -2.23. The quantitative estimate of drug-likeness (QED) is 0.884. The fourth-order valence-corrected chi connectivity index (χ4v) is 1.89. The van der Waals surface area contributed by atoms with Crippen LogP contribution in [0.4, 0.5) is 24.9 Å². The van der Waals surface area contributed by atoms with Gasteiger partial charge in [-0.3, -0.25) is 0 Å². The highest BCUT2D eigenvalue weighted by Gasteiger charge is 2.33. The monoisotopic (exact) mass is 276 g/mol. The number of aromatic nitrogens is 2. The van der Waals surface area contributed by atoms with E-state index in [-0.39, 0.29) is 11.9 Å². The molecule has 1 unspecified atom stereocenters. The van der Waals surface area contributed by atoms with Gasteiger partial charge in [0.15, 0.2) is 5.69 Å². The van der Waals surface area contributed by atoms with Gasteiger partial charge in [0.1, 0.15) is 5.82 Å². The Hall–Kier alpha value is -1.57. The van der Waals surface area contributed by atoms with Gasteiger partial charge < -0.3 is 15.8 Å². The zero-order chi connectivity index (χ0) is 13.9. The highest BCUT2D eigenvalue weighted by atomic mass is 19.4. The summed E-state index contributed by atoms with van der Waals surface area (Å²) in [7, 11) is 0. The van der Waals surface area contributed by atoms with Crippen LogP contribution in [0.3, 0.4) is 0 Å². The number of nitrogen functional groups attached to an aromatic ring is 1. The molecular formula is C11H15F3N4O. The number of halogens is 3. The normalized spacial score (nSPS) is 20.3. The minimum atomic E-state index is -4.53. The van der Waals surface area contributed by atoms with E-state index in [1.165, 1.54) is 0 Å². The second-order valence-electron chi connectivity index (χ2n) is 4.36. The van der Waals surface area contributed by atoms with Crippen molar-refractivity contribution in [2.75, 3.05) is 24.2 Å². The van der Waals surface area contributed by atoms with E-state index in [9.17, 15) is 13.2 Å². The average Bonchev–Trinajstić information content (AvgIpc) is 2.36. The Labute approximate surface area is 108 Å². The fourth-order valence-electron chi connectivity index (χ4n) is 1.89. The summed E-state index contributed by atoms with van der Waals surface area (Å²) in [6.07, 6.45) is -1.56. The first-order valence-corrected chi connectivity index (χ1v) is 6.02. The molecule has 19 heavy (non-hydrogen) atoms. The van der Waals surface area contributed by atoms with E-state index in [1.807, 2.05) is 0 Å². The number of hydrogen-bond donors (Lipinski definition) is 2. The molecule has 2 heterocycles. The highest BCUT2D eigenvalue weighted by Crippen LogP contribution is 2.29. The first kappa shape index (κ1) is 13.9. The Bertz CT molecular complexity index is 432. The van der Waals surface area contributed by atoms with Crippen LogP contribution in [0.2, 0.25) is 0 Å².